The maximum absolute atomic E-state index is 10.5. The van der Waals surface area contributed by atoms with Crippen LogP contribution in [0.4, 0.5) is 0 Å². The Morgan fingerprint density at radius 2 is 1.62 bits per heavy atom. The van der Waals surface area contributed by atoms with Crippen molar-refractivity contribution in [1.29, 1.82) is 0 Å². The van der Waals surface area contributed by atoms with E-state index in [1.54, 1.807) is 13.8 Å². The predicted octanol–water partition coefficient (Wildman–Crippen LogP) is 4.47. The Kier molecular flexibility index (Phi) is 3.39. The minimum atomic E-state index is -0.990. The Bertz CT molecular complexity index is 1020. The van der Waals surface area contributed by atoms with Crippen LogP contribution in [0.1, 0.15) is 25.2 Å². The van der Waals surface area contributed by atoms with Crippen LogP contribution in [0.25, 0.3) is 21.8 Å². The van der Waals surface area contributed by atoms with Crippen molar-refractivity contribution in [2.75, 3.05) is 0 Å². The van der Waals surface area contributed by atoms with Gasteiger partial charge in [-0.25, -0.2) is 4.98 Å². The zero-order valence-corrected chi connectivity index (χ0v) is 13.9. The van der Waals surface area contributed by atoms with Crippen LogP contribution in [0, 0.1) is 0 Å². The van der Waals surface area contributed by atoms with Crippen molar-refractivity contribution in [2.24, 2.45) is 0 Å². The molecule has 1 aromatic heterocycles. The molecule has 0 spiro atoms. The van der Waals surface area contributed by atoms with E-state index in [-0.39, 0.29) is 0 Å². The summed E-state index contributed by atoms with van der Waals surface area (Å²) in [4.78, 5) is 4.66. The molecule has 1 N–H and O–H groups in total. The Balaban J connectivity index is 1.85. The van der Waals surface area contributed by atoms with E-state index in [9.17, 15) is 5.11 Å². The fourth-order valence-corrected chi connectivity index (χ4v) is 3.22. The molecule has 120 valence electrons. The van der Waals surface area contributed by atoms with Gasteiger partial charge in [0.05, 0.1) is 11.0 Å². The van der Waals surface area contributed by atoms with Crippen molar-refractivity contribution in [3.05, 3.63) is 78.1 Å². The molecule has 0 saturated carbocycles. The summed E-state index contributed by atoms with van der Waals surface area (Å²) in [5.74, 6) is 0.692. The monoisotopic (exact) mass is 316 g/mol. The summed E-state index contributed by atoms with van der Waals surface area (Å²) in [7, 11) is 0. The number of para-hydroxylation sites is 2. The summed E-state index contributed by atoms with van der Waals surface area (Å²) < 4.78 is 2.11. The number of benzene rings is 3. The van der Waals surface area contributed by atoms with Gasteiger partial charge in [-0.1, -0.05) is 48.5 Å². The van der Waals surface area contributed by atoms with Crippen LogP contribution in [0.5, 0.6) is 0 Å². The summed E-state index contributed by atoms with van der Waals surface area (Å²) in [5.41, 5.74) is 2.16. The fourth-order valence-electron chi connectivity index (χ4n) is 3.22. The maximum atomic E-state index is 10.5. The summed E-state index contributed by atoms with van der Waals surface area (Å²) in [6.45, 7) is 4.25. The molecule has 0 fully saturated rings. The SMILES string of the molecule is CC(C)(O)c1nc2ccccc2n1Cc1ccc2ccccc2c1. The number of hydrogen-bond acceptors (Lipinski definition) is 2. The zero-order chi connectivity index (χ0) is 16.7. The van der Waals surface area contributed by atoms with E-state index in [2.05, 4.69) is 58.1 Å². The number of fused-ring (bicyclic) bond motifs is 2. The van der Waals surface area contributed by atoms with E-state index in [1.165, 1.54) is 16.3 Å². The molecule has 0 bridgehead atoms. The predicted molar refractivity (Wildman–Crippen MR) is 98.0 cm³/mol. The number of hydrogen-bond donors (Lipinski definition) is 1. The molecule has 0 saturated heterocycles. The first-order valence-corrected chi connectivity index (χ1v) is 8.18. The Hall–Kier alpha value is -2.65. The molecule has 0 aliphatic rings. The van der Waals surface area contributed by atoms with E-state index in [4.69, 9.17) is 0 Å². The third-order valence-electron chi connectivity index (χ3n) is 4.36. The maximum Gasteiger partial charge on any atom is 0.141 e. The number of aliphatic hydroxyl groups is 1. The molecule has 0 aliphatic carbocycles. The van der Waals surface area contributed by atoms with Crippen LogP contribution in [0.3, 0.4) is 0 Å². The number of nitrogens with zero attached hydrogens (tertiary/aromatic N) is 2. The van der Waals surface area contributed by atoms with Crippen LogP contribution < -0.4 is 0 Å². The van der Waals surface area contributed by atoms with Crippen LogP contribution in [-0.4, -0.2) is 14.7 Å². The Morgan fingerprint density at radius 1 is 0.917 bits per heavy atom. The Labute approximate surface area is 141 Å². The van der Waals surface area contributed by atoms with Gasteiger partial charge < -0.3 is 9.67 Å². The Morgan fingerprint density at radius 3 is 2.42 bits per heavy atom. The molecule has 3 heteroatoms. The molecule has 4 aromatic rings. The van der Waals surface area contributed by atoms with Gasteiger partial charge in [-0.3, -0.25) is 0 Å². The van der Waals surface area contributed by atoms with Crippen molar-refractivity contribution in [3.8, 4) is 0 Å². The van der Waals surface area contributed by atoms with E-state index >= 15 is 0 Å². The molecule has 0 amide bonds. The highest BCUT2D eigenvalue weighted by Crippen LogP contribution is 2.26. The van der Waals surface area contributed by atoms with Crippen molar-refractivity contribution < 1.29 is 5.11 Å². The second kappa shape index (κ2) is 5.46. The second-order valence-electron chi connectivity index (χ2n) is 6.75. The molecule has 4 rings (SSSR count). The standard InChI is InChI=1S/C21H20N2O/c1-21(2,24)20-22-18-9-5-6-10-19(18)23(20)14-15-11-12-16-7-3-4-8-17(16)13-15/h3-13,24H,14H2,1-2H3. The third-order valence-corrected chi connectivity index (χ3v) is 4.36. The lowest BCUT2D eigenvalue weighted by Gasteiger charge is -2.19. The number of rotatable bonds is 3. The van der Waals surface area contributed by atoms with Gasteiger partial charge in [-0.15, -0.1) is 0 Å². The van der Waals surface area contributed by atoms with Gasteiger partial charge in [0.15, 0.2) is 0 Å². The lowest BCUT2D eigenvalue weighted by atomic mass is 10.1. The smallest absolute Gasteiger partial charge is 0.141 e. The molecular weight excluding hydrogens is 296 g/mol. The molecule has 0 atom stereocenters. The van der Waals surface area contributed by atoms with Crippen LogP contribution in [-0.2, 0) is 12.1 Å². The van der Waals surface area contributed by atoms with Crippen molar-refractivity contribution in [2.45, 2.75) is 26.0 Å². The third kappa shape index (κ3) is 2.57. The van der Waals surface area contributed by atoms with Gasteiger partial charge in [-0.2, -0.15) is 0 Å². The minimum Gasteiger partial charge on any atom is -0.383 e. The number of imidazole rings is 1. The van der Waals surface area contributed by atoms with Crippen LogP contribution in [0.15, 0.2) is 66.7 Å². The van der Waals surface area contributed by atoms with Crippen LogP contribution in [0.2, 0.25) is 0 Å². The topological polar surface area (TPSA) is 38.1 Å². The van der Waals surface area contributed by atoms with Crippen molar-refractivity contribution in [1.82, 2.24) is 9.55 Å². The molecule has 1 heterocycles. The van der Waals surface area contributed by atoms with E-state index in [0.29, 0.717) is 12.4 Å². The largest absolute Gasteiger partial charge is 0.383 e. The molecule has 0 aliphatic heterocycles. The summed E-state index contributed by atoms with van der Waals surface area (Å²) in [6, 6.07) is 22.9. The van der Waals surface area contributed by atoms with E-state index < -0.39 is 5.60 Å². The molecular formula is C21H20N2O. The second-order valence-corrected chi connectivity index (χ2v) is 6.75. The minimum absolute atomic E-state index is 0.685. The highest BCUT2D eigenvalue weighted by atomic mass is 16.3. The van der Waals surface area contributed by atoms with Crippen molar-refractivity contribution >= 4 is 21.8 Å². The molecule has 0 unspecified atom stereocenters. The highest BCUT2D eigenvalue weighted by molar-refractivity contribution is 5.83. The highest BCUT2D eigenvalue weighted by Gasteiger charge is 2.24. The van der Waals surface area contributed by atoms with Gasteiger partial charge >= 0.3 is 0 Å². The fraction of sp³-hybridized carbons (Fsp3) is 0.190. The first-order chi connectivity index (χ1) is 11.5. The average molecular weight is 316 g/mol. The average Bonchev–Trinajstić information content (AvgIpc) is 2.94. The van der Waals surface area contributed by atoms with Crippen molar-refractivity contribution in [3.63, 3.8) is 0 Å². The summed E-state index contributed by atoms with van der Waals surface area (Å²) >= 11 is 0. The molecule has 24 heavy (non-hydrogen) atoms. The van der Waals surface area contributed by atoms with Crippen LogP contribution >= 0.6 is 0 Å². The normalized spacial score (nSPS) is 12.1. The first kappa shape index (κ1) is 14.9. The van der Waals surface area contributed by atoms with E-state index in [1.807, 2.05) is 18.2 Å². The van der Waals surface area contributed by atoms with Gasteiger partial charge in [0, 0.05) is 6.54 Å². The molecule has 3 nitrogen and oxygen atoms in total. The van der Waals surface area contributed by atoms with Gasteiger partial charge in [0.25, 0.3) is 0 Å². The quantitative estimate of drug-likeness (QED) is 0.606. The van der Waals surface area contributed by atoms with Gasteiger partial charge in [-0.05, 0) is 48.4 Å². The van der Waals surface area contributed by atoms with Gasteiger partial charge in [0.2, 0.25) is 0 Å². The van der Waals surface area contributed by atoms with Gasteiger partial charge in [0.1, 0.15) is 11.4 Å². The lowest BCUT2D eigenvalue weighted by Crippen LogP contribution is -2.22. The number of aromatic nitrogens is 2. The summed E-state index contributed by atoms with van der Waals surface area (Å²) in [5, 5.41) is 13.0. The first-order valence-electron chi connectivity index (χ1n) is 8.18. The zero-order valence-electron chi connectivity index (χ0n) is 13.9. The summed E-state index contributed by atoms with van der Waals surface area (Å²) in [6.07, 6.45) is 0. The molecule has 0 radical (unpaired) electrons. The lowest BCUT2D eigenvalue weighted by molar-refractivity contribution is 0.0657. The molecule has 3 aromatic carbocycles. The van der Waals surface area contributed by atoms with E-state index in [0.717, 1.165) is 11.0 Å².